The van der Waals surface area contributed by atoms with Crippen LogP contribution in [0.4, 0.5) is 5.82 Å². The fourth-order valence-electron chi connectivity index (χ4n) is 2.76. The molecule has 1 aromatic heterocycles. The topological polar surface area (TPSA) is 65.8 Å². The van der Waals surface area contributed by atoms with Crippen LogP contribution in [0.3, 0.4) is 0 Å². The van der Waals surface area contributed by atoms with Crippen LogP contribution in [0.15, 0.2) is 30.3 Å². The summed E-state index contributed by atoms with van der Waals surface area (Å²) in [7, 11) is 0. The molecule has 1 fully saturated rings. The molecule has 5 nitrogen and oxygen atoms in total. The van der Waals surface area contributed by atoms with Gasteiger partial charge < -0.3 is 19.8 Å². The number of aliphatic hydroxyl groups excluding tert-OH is 2. The molecule has 2 atom stereocenters. The number of benzene rings is 1. The lowest BCUT2D eigenvalue weighted by molar-refractivity contribution is -0.0105. The molecule has 1 aliphatic rings. The molecule has 0 bridgehead atoms. The van der Waals surface area contributed by atoms with Gasteiger partial charge in [0.25, 0.3) is 0 Å². The lowest BCUT2D eigenvalue weighted by Crippen LogP contribution is -2.50. The van der Waals surface area contributed by atoms with Gasteiger partial charge in [-0.2, -0.15) is 0 Å². The monoisotopic (exact) mass is 288 g/mol. The number of pyridine rings is 1. The van der Waals surface area contributed by atoms with Crippen LogP contribution in [0.2, 0.25) is 0 Å². The Morgan fingerprint density at radius 3 is 2.90 bits per heavy atom. The molecule has 2 N–H and O–H groups in total. The Balaban J connectivity index is 2.03. The highest BCUT2D eigenvalue weighted by molar-refractivity contribution is 5.84. The average Bonchev–Trinajstić information content (AvgIpc) is 2.54. The minimum absolute atomic E-state index is 0.00363. The number of morpholine rings is 1. The molecule has 1 aliphatic heterocycles. The van der Waals surface area contributed by atoms with Crippen LogP contribution in [0.5, 0.6) is 0 Å². The van der Waals surface area contributed by atoms with Crippen molar-refractivity contribution < 1.29 is 14.9 Å². The van der Waals surface area contributed by atoms with Crippen LogP contribution in [-0.2, 0) is 11.3 Å². The Bertz CT molecular complexity index is 632. The van der Waals surface area contributed by atoms with E-state index in [1.54, 1.807) is 0 Å². The number of nitrogens with zero attached hydrogens (tertiary/aromatic N) is 2. The molecule has 21 heavy (non-hydrogen) atoms. The quantitative estimate of drug-likeness (QED) is 0.891. The third-order valence-corrected chi connectivity index (χ3v) is 3.96. The summed E-state index contributed by atoms with van der Waals surface area (Å²) < 4.78 is 5.57. The minimum Gasteiger partial charge on any atom is -0.394 e. The zero-order chi connectivity index (χ0) is 14.8. The number of hydrogen-bond donors (Lipinski definition) is 2. The van der Waals surface area contributed by atoms with Crippen molar-refractivity contribution in [1.82, 2.24) is 4.98 Å². The molecule has 1 saturated heterocycles. The van der Waals surface area contributed by atoms with Gasteiger partial charge in [0, 0.05) is 11.9 Å². The van der Waals surface area contributed by atoms with Gasteiger partial charge in [-0.1, -0.05) is 18.2 Å². The van der Waals surface area contributed by atoms with Gasteiger partial charge in [0.05, 0.1) is 37.5 Å². The van der Waals surface area contributed by atoms with Crippen LogP contribution in [0.25, 0.3) is 10.9 Å². The van der Waals surface area contributed by atoms with Crippen molar-refractivity contribution in [1.29, 1.82) is 0 Å². The second-order valence-electron chi connectivity index (χ2n) is 5.45. The maximum Gasteiger partial charge on any atom is 0.130 e. The highest BCUT2D eigenvalue weighted by Gasteiger charge is 2.27. The zero-order valence-electron chi connectivity index (χ0n) is 12.1. The maximum atomic E-state index is 9.61. The summed E-state index contributed by atoms with van der Waals surface area (Å²) in [5.41, 5.74) is 1.74. The molecule has 2 heterocycles. The predicted octanol–water partition coefficient (Wildman–Crippen LogP) is 1.31. The smallest absolute Gasteiger partial charge is 0.130 e. The third kappa shape index (κ3) is 2.72. The zero-order valence-corrected chi connectivity index (χ0v) is 12.1. The van der Waals surface area contributed by atoms with Crippen molar-refractivity contribution in [2.45, 2.75) is 25.7 Å². The summed E-state index contributed by atoms with van der Waals surface area (Å²) in [5, 5.41) is 19.9. The van der Waals surface area contributed by atoms with E-state index in [1.165, 1.54) is 0 Å². The van der Waals surface area contributed by atoms with Crippen molar-refractivity contribution in [3.63, 3.8) is 0 Å². The highest BCUT2D eigenvalue weighted by Crippen LogP contribution is 2.26. The number of fused-ring (bicyclic) bond motifs is 1. The van der Waals surface area contributed by atoms with E-state index in [1.807, 2.05) is 30.3 Å². The van der Waals surface area contributed by atoms with Crippen molar-refractivity contribution in [2.75, 3.05) is 24.7 Å². The molecular weight excluding hydrogens is 268 g/mol. The van der Waals surface area contributed by atoms with Crippen molar-refractivity contribution in [2.24, 2.45) is 0 Å². The van der Waals surface area contributed by atoms with Gasteiger partial charge in [0.2, 0.25) is 0 Å². The fraction of sp³-hybridized carbons (Fsp3) is 0.438. The van der Waals surface area contributed by atoms with Crippen LogP contribution in [-0.4, -0.2) is 47.1 Å². The molecule has 0 amide bonds. The van der Waals surface area contributed by atoms with Gasteiger partial charge in [-0.05, 0) is 24.6 Å². The second kappa shape index (κ2) is 5.97. The first kappa shape index (κ1) is 14.3. The summed E-state index contributed by atoms with van der Waals surface area (Å²) >= 11 is 0. The van der Waals surface area contributed by atoms with E-state index in [0.717, 1.165) is 22.3 Å². The van der Waals surface area contributed by atoms with Crippen LogP contribution < -0.4 is 4.90 Å². The van der Waals surface area contributed by atoms with Gasteiger partial charge in [0.1, 0.15) is 5.82 Å². The van der Waals surface area contributed by atoms with Crippen LogP contribution in [0, 0.1) is 0 Å². The molecule has 2 unspecified atom stereocenters. The minimum atomic E-state index is -0.188. The molecule has 1 aromatic carbocycles. The van der Waals surface area contributed by atoms with Crippen molar-refractivity contribution >= 4 is 16.7 Å². The fourth-order valence-corrected chi connectivity index (χ4v) is 2.76. The van der Waals surface area contributed by atoms with E-state index in [0.29, 0.717) is 13.2 Å². The molecule has 3 rings (SSSR count). The molecule has 0 saturated carbocycles. The number of hydrogen-bond acceptors (Lipinski definition) is 5. The van der Waals surface area contributed by atoms with Crippen LogP contribution in [0.1, 0.15) is 12.5 Å². The van der Waals surface area contributed by atoms with E-state index < -0.39 is 0 Å². The molecule has 112 valence electrons. The summed E-state index contributed by atoms with van der Waals surface area (Å²) in [4.78, 5) is 6.84. The summed E-state index contributed by atoms with van der Waals surface area (Å²) in [6, 6.07) is 9.93. The Hall–Kier alpha value is -1.69. The second-order valence-corrected chi connectivity index (χ2v) is 5.45. The van der Waals surface area contributed by atoms with Gasteiger partial charge in [-0.25, -0.2) is 4.98 Å². The number of rotatable bonds is 3. The number of para-hydroxylation sites is 1. The van der Waals surface area contributed by atoms with Gasteiger partial charge in [0.15, 0.2) is 0 Å². The van der Waals surface area contributed by atoms with E-state index in [-0.39, 0.29) is 25.4 Å². The summed E-state index contributed by atoms with van der Waals surface area (Å²) in [5.74, 6) is 0.826. The van der Waals surface area contributed by atoms with E-state index in [9.17, 15) is 10.2 Å². The molecule has 5 heteroatoms. The van der Waals surface area contributed by atoms with E-state index in [4.69, 9.17) is 9.72 Å². The van der Waals surface area contributed by atoms with Gasteiger partial charge in [-0.3, -0.25) is 0 Å². The average molecular weight is 288 g/mol. The van der Waals surface area contributed by atoms with Gasteiger partial charge in [-0.15, -0.1) is 0 Å². The van der Waals surface area contributed by atoms with E-state index >= 15 is 0 Å². The molecule has 2 aromatic rings. The lowest BCUT2D eigenvalue weighted by Gasteiger charge is -2.38. The highest BCUT2D eigenvalue weighted by atomic mass is 16.5. The first-order valence-corrected chi connectivity index (χ1v) is 7.21. The third-order valence-electron chi connectivity index (χ3n) is 3.96. The first-order chi connectivity index (χ1) is 10.2. The number of aromatic nitrogens is 1. The number of ether oxygens (including phenoxy) is 1. The number of aliphatic hydroxyl groups is 2. The lowest BCUT2D eigenvalue weighted by atomic mass is 10.1. The summed E-state index contributed by atoms with van der Waals surface area (Å²) in [6.07, 6.45) is -0.188. The normalized spacial score (nSPS) is 22.7. The molecule has 0 spiro atoms. The van der Waals surface area contributed by atoms with Crippen molar-refractivity contribution in [3.8, 4) is 0 Å². The molecule has 0 radical (unpaired) electrons. The Morgan fingerprint density at radius 1 is 1.33 bits per heavy atom. The van der Waals surface area contributed by atoms with Gasteiger partial charge >= 0.3 is 0 Å². The summed E-state index contributed by atoms with van der Waals surface area (Å²) in [6.45, 7) is 3.23. The Labute approximate surface area is 123 Å². The van der Waals surface area contributed by atoms with E-state index in [2.05, 4.69) is 11.8 Å². The molecular formula is C16H20N2O3. The predicted molar refractivity (Wildman–Crippen MR) is 81.3 cm³/mol. The maximum absolute atomic E-state index is 9.61. The first-order valence-electron chi connectivity index (χ1n) is 7.21. The largest absolute Gasteiger partial charge is 0.394 e. The Kier molecular flexibility index (Phi) is 4.05. The standard InChI is InChI=1S/C16H20N2O3/c1-11-10-21-13(9-20)7-18(11)16-6-12(8-19)14-4-2-3-5-15(14)17-16/h2-6,11,13,19-20H,7-10H2,1H3. The Morgan fingerprint density at radius 2 is 2.14 bits per heavy atom. The molecule has 0 aliphatic carbocycles. The van der Waals surface area contributed by atoms with Crippen molar-refractivity contribution in [3.05, 3.63) is 35.9 Å². The SMILES string of the molecule is CC1COC(CO)CN1c1cc(CO)c2ccccc2n1. The van der Waals surface area contributed by atoms with Crippen LogP contribution >= 0.6 is 0 Å². The number of anilines is 1.